The number of methoxy groups -OCH3 is 1. The zero-order valence-electron chi connectivity index (χ0n) is 14.4. The fourth-order valence-electron chi connectivity index (χ4n) is 3.35. The maximum Gasteiger partial charge on any atom is 0.241 e. The second-order valence-electron chi connectivity index (χ2n) is 6.28. The number of thiophene rings is 1. The van der Waals surface area contributed by atoms with E-state index in [9.17, 15) is 4.79 Å². The van der Waals surface area contributed by atoms with E-state index in [1.54, 1.807) is 18.4 Å². The van der Waals surface area contributed by atoms with Crippen LogP contribution in [-0.4, -0.2) is 30.5 Å². The lowest BCUT2D eigenvalue weighted by atomic mass is 10.1. The zero-order valence-corrected chi connectivity index (χ0v) is 15.2. The van der Waals surface area contributed by atoms with Crippen molar-refractivity contribution >= 4 is 22.9 Å². The summed E-state index contributed by atoms with van der Waals surface area (Å²) in [6.07, 6.45) is 2.25. The van der Waals surface area contributed by atoms with Gasteiger partial charge < -0.3 is 10.1 Å². The molecule has 1 aliphatic rings. The van der Waals surface area contributed by atoms with Crippen molar-refractivity contribution < 1.29 is 9.53 Å². The summed E-state index contributed by atoms with van der Waals surface area (Å²) < 4.78 is 5.36. The number of hydrogen-bond donors (Lipinski definition) is 1. The van der Waals surface area contributed by atoms with E-state index in [4.69, 9.17) is 4.74 Å². The molecule has 1 aromatic heterocycles. The Morgan fingerprint density at radius 3 is 2.96 bits per heavy atom. The summed E-state index contributed by atoms with van der Waals surface area (Å²) in [6.45, 7) is 4.96. The van der Waals surface area contributed by atoms with Gasteiger partial charge in [0.05, 0.1) is 18.8 Å². The summed E-state index contributed by atoms with van der Waals surface area (Å²) in [5, 5.41) is 5.15. The first-order valence-corrected chi connectivity index (χ1v) is 9.22. The van der Waals surface area contributed by atoms with E-state index in [1.165, 1.54) is 4.88 Å². The highest BCUT2D eigenvalue weighted by molar-refractivity contribution is 7.10. The van der Waals surface area contributed by atoms with Gasteiger partial charge in [0.2, 0.25) is 5.91 Å². The molecule has 24 heavy (non-hydrogen) atoms. The van der Waals surface area contributed by atoms with E-state index < -0.39 is 0 Å². The molecule has 3 rings (SSSR count). The second kappa shape index (κ2) is 7.36. The van der Waals surface area contributed by atoms with Crippen LogP contribution in [-0.2, 0) is 4.79 Å². The second-order valence-corrected chi connectivity index (χ2v) is 7.26. The number of anilines is 1. The Balaban J connectivity index is 1.74. The monoisotopic (exact) mass is 344 g/mol. The number of carbonyl (C=O) groups is 1. The first-order valence-electron chi connectivity index (χ1n) is 8.35. The Morgan fingerprint density at radius 2 is 2.25 bits per heavy atom. The van der Waals surface area contributed by atoms with Crippen molar-refractivity contribution in [2.75, 3.05) is 19.0 Å². The van der Waals surface area contributed by atoms with Crippen molar-refractivity contribution in [3.8, 4) is 5.75 Å². The standard InChI is InChI=1S/C19H24N2O2S/c1-13-8-9-17(23-3)15(12-13)20-19(22)14(2)21-10-4-6-16(21)18-7-5-11-24-18/h5,7-9,11-12,14,16H,4,6,10H2,1-3H3,(H,20,22). The molecule has 1 N–H and O–H groups in total. The van der Waals surface area contributed by atoms with Gasteiger partial charge in [0.1, 0.15) is 5.75 Å². The lowest BCUT2D eigenvalue weighted by Gasteiger charge is -2.29. The van der Waals surface area contributed by atoms with Crippen LogP contribution in [0.3, 0.4) is 0 Å². The van der Waals surface area contributed by atoms with Crippen molar-refractivity contribution in [1.29, 1.82) is 0 Å². The van der Waals surface area contributed by atoms with Gasteiger partial charge in [-0.1, -0.05) is 12.1 Å². The molecular formula is C19H24N2O2S. The Kier molecular flexibility index (Phi) is 5.21. The molecule has 1 aliphatic heterocycles. The third-order valence-electron chi connectivity index (χ3n) is 4.66. The number of rotatable bonds is 5. The summed E-state index contributed by atoms with van der Waals surface area (Å²) in [7, 11) is 1.62. The number of amides is 1. The minimum absolute atomic E-state index is 0.0161. The number of nitrogens with zero attached hydrogens (tertiary/aromatic N) is 1. The molecule has 1 saturated heterocycles. The summed E-state index contributed by atoms with van der Waals surface area (Å²) in [5.41, 5.74) is 1.83. The Labute approximate surface area is 147 Å². The summed E-state index contributed by atoms with van der Waals surface area (Å²) >= 11 is 1.77. The van der Waals surface area contributed by atoms with Gasteiger partial charge in [-0.05, 0) is 62.4 Å². The Morgan fingerprint density at radius 1 is 1.42 bits per heavy atom. The van der Waals surface area contributed by atoms with Gasteiger partial charge in [-0.25, -0.2) is 0 Å². The molecule has 1 fully saturated rings. The van der Waals surface area contributed by atoms with E-state index in [-0.39, 0.29) is 11.9 Å². The first-order chi connectivity index (χ1) is 11.6. The number of benzene rings is 1. The molecule has 0 spiro atoms. The Hall–Kier alpha value is -1.85. The van der Waals surface area contributed by atoms with Crippen LogP contribution < -0.4 is 10.1 Å². The average Bonchev–Trinajstić information content (AvgIpc) is 3.25. The molecular weight excluding hydrogens is 320 g/mol. The van der Waals surface area contributed by atoms with Crippen LogP contribution in [0.4, 0.5) is 5.69 Å². The van der Waals surface area contributed by atoms with Crippen LogP contribution in [0.5, 0.6) is 5.75 Å². The van der Waals surface area contributed by atoms with E-state index in [0.29, 0.717) is 11.8 Å². The summed E-state index contributed by atoms with van der Waals surface area (Å²) in [5.74, 6) is 0.708. The molecule has 2 atom stereocenters. The maximum absolute atomic E-state index is 12.8. The summed E-state index contributed by atoms with van der Waals surface area (Å²) in [6, 6.07) is 10.2. The SMILES string of the molecule is COc1ccc(C)cc1NC(=O)C(C)N1CCCC1c1cccs1. The van der Waals surface area contributed by atoms with Gasteiger partial charge in [0, 0.05) is 10.9 Å². The normalized spacial score (nSPS) is 19.2. The molecule has 0 radical (unpaired) electrons. The van der Waals surface area contributed by atoms with E-state index in [2.05, 4.69) is 27.7 Å². The zero-order chi connectivity index (χ0) is 17.1. The van der Waals surface area contributed by atoms with Crippen LogP contribution in [0.25, 0.3) is 0 Å². The number of aryl methyl sites for hydroxylation is 1. The van der Waals surface area contributed by atoms with Gasteiger partial charge in [-0.2, -0.15) is 0 Å². The molecule has 0 aliphatic carbocycles. The third kappa shape index (κ3) is 3.47. The number of hydrogen-bond acceptors (Lipinski definition) is 4. The van der Waals surface area contributed by atoms with Crippen LogP contribution in [0.15, 0.2) is 35.7 Å². The quantitative estimate of drug-likeness (QED) is 0.882. The lowest BCUT2D eigenvalue weighted by Crippen LogP contribution is -2.41. The molecule has 1 aromatic carbocycles. The fraction of sp³-hybridized carbons (Fsp3) is 0.421. The molecule has 2 unspecified atom stereocenters. The van der Waals surface area contributed by atoms with Gasteiger partial charge in [0.25, 0.3) is 0 Å². The lowest BCUT2D eigenvalue weighted by molar-refractivity contribution is -0.121. The van der Waals surface area contributed by atoms with Crippen LogP contribution in [0.2, 0.25) is 0 Å². The van der Waals surface area contributed by atoms with Gasteiger partial charge in [-0.3, -0.25) is 9.69 Å². The molecule has 2 heterocycles. The van der Waals surface area contributed by atoms with Crippen molar-refractivity contribution in [3.05, 3.63) is 46.2 Å². The van der Waals surface area contributed by atoms with Crippen LogP contribution in [0, 0.1) is 6.92 Å². The van der Waals surface area contributed by atoms with E-state index in [0.717, 1.165) is 30.6 Å². The van der Waals surface area contributed by atoms with Crippen LogP contribution >= 0.6 is 11.3 Å². The number of likely N-dealkylation sites (tertiary alicyclic amines) is 1. The largest absolute Gasteiger partial charge is 0.495 e. The molecule has 0 bridgehead atoms. The highest BCUT2D eigenvalue weighted by atomic mass is 32.1. The number of ether oxygens (including phenoxy) is 1. The average molecular weight is 344 g/mol. The van der Waals surface area contributed by atoms with E-state index in [1.807, 2.05) is 32.0 Å². The van der Waals surface area contributed by atoms with Gasteiger partial charge in [-0.15, -0.1) is 11.3 Å². The fourth-order valence-corrected chi connectivity index (χ4v) is 4.23. The van der Waals surface area contributed by atoms with Crippen molar-refractivity contribution in [2.24, 2.45) is 0 Å². The predicted octanol–water partition coefficient (Wildman–Crippen LogP) is 4.23. The summed E-state index contributed by atoms with van der Waals surface area (Å²) in [4.78, 5) is 16.4. The van der Waals surface area contributed by atoms with E-state index >= 15 is 0 Å². The van der Waals surface area contributed by atoms with Crippen LogP contribution in [0.1, 0.15) is 36.2 Å². The molecule has 128 valence electrons. The molecule has 4 nitrogen and oxygen atoms in total. The smallest absolute Gasteiger partial charge is 0.241 e. The van der Waals surface area contributed by atoms with Crippen molar-refractivity contribution in [1.82, 2.24) is 4.90 Å². The minimum Gasteiger partial charge on any atom is -0.495 e. The molecule has 5 heteroatoms. The number of carbonyl (C=O) groups excluding carboxylic acids is 1. The molecule has 1 amide bonds. The third-order valence-corrected chi connectivity index (χ3v) is 5.63. The van der Waals surface area contributed by atoms with Gasteiger partial charge >= 0.3 is 0 Å². The first kappa shape index (κ1) is 17.0. The highest BCUT2D eigenvalue weighted by Crippen LogP contribution is 2.36. The highest BCUT2D eigenvalue weighted by Gasteiger charge is 2.33. The van der Waals surface area contributed by atoms with Crippen molar-refractivity contribution in [3.63, 3.8) is 0 Å². The predicted molar refractivity (Wildman–Crippen MR) is 98.8 cm³/mol. The minimum atomic E-state index is -0.176. The maximum atomic E-state index is 12.8. The van der Waals surface area contributed by atoms with Crippen molar-refractivity contribution in [2.45, 2.75) is 38.8 Å². The Bertz CT molecular complexity index is 699. The number of nitrogens with one attached hydrogen (secondary N) is 1. The molecule has 2 aromatic rings. The molecule has 0 saturated carbocycles. The topological polar surface area (TPSA) is 41.6 Å². The van der Waals surface area contributed by atoms with Gasteiger partial charge in [0.15, 0.2) is 0 Å².